The van der Waals surface area contributed by atoms with Gasteiger partial charge < -0.3 is 14.8 Å². The fourth-order valence-corrected chi connectivity index (χ4v) is 5.02. The van der Waals surface area contributed by atoms with E-state index >= 15 is 0 Å². The highest BCUT2D eigenvalue weighted by atomic mass is 32.2. The van der Waals surface area contributed by atoms with Crippen molar-refractivity contribution in [1.82, 2.24) is 15.2 Å². The Bertz CT molecular complexity index is 1510. The summed E-state index contributed by atoms with van der Waals surface area (Å²) in [6.07, 6.45) is -0.540. The lowest BCUT2D eigenvalue weighted by Gasteiger charge is -2.23. The Labute approximate surface area is 207 Å². The molecule has 172 valence electrons. The van der Waals surface area contributed by atoms with Gasteiger partial charge >= 0.3 is 0 Å². The molecule has 1 aliphatic heterocycles. The van der Waals surface area contributed by atoms with Gasteiger partial charge in [0.25, 0.3) is 0 Å². The molecule has 0 bridgehead atoms. The highest BCUT2D eigenvalue weighted by molar-refractivity contribution is 7.98. The highest BCUT2D eigenvalue weighted by Gasteiger charge is 2.29. The number of ether oxygens (including phenoxy) is 2. The number of thioether (sulfide) groups is 1. The lowest BCUT2D eigenvalue weighted by molar-refractivity contribution is 0.221. The minimum absolute atomic E-state index is 0.438. The summed E-state index contributed by atoms with van der Waals surface area (Å²) in [7, 11) is 1.67. The number of rotatable bonds is 5. The average molecular weight is 479 g/mol. The molecule has 0 fully saturated rings. The maximum Gasteiger partial charge on any atom is 0.247 e. The predicted octanol–water partition coefficient (Wildman–Crippen LogP) is 6.50. The molecule has 1 atom stereocenters. The Balaban J connectivity index is 1.44. The molecule has 0 saturated heterocycles. The van der Waals surface area contributed by atoms with E-state index in [1.165, 1.54) is 17.3 Å². The second kappa shape index (κ2) is 9.27. The third-order valence-corrected chi connectivity index (χ3v) is 6.87. The maximum absolute atomic E-state index is 6.55. The number of aromatic nitrogens is 3. The van der Waals surface area contributed by atoms with Gasteiger partial charge in [0.2, 0.25) is 17.3 Å². The molecule has 6 nitrogen and oxygen atoms in total. The quantitative estimate of drug-likeness (QED) is 0.289. The van der Waals surface area contributed by atoms with Gasteiger partial charge in [-0.2, -0.15) is 4.98 Å². The summed E-state index contributed by atoms with van der Waals surface area (Å²) in [6.45, 7) is 0. The monoisotopic (exact) mass is 478 g/mol. The van der Waals surface area contributed by atoms with E-state index in [2.05, 4.69) is 45.8 Å². The molecule has 0 saturated carbocycles. The number of nitrogens with one attached hydrogen (secondary N) is 1. The van der Waals surface area contributed by atoms with E-state index in [0.29, 0.717) is 16.7 Å². The van der Waals surface area contributed by atoms with E-state index in [9.17, 15) is 0 Å². The van der Waals surface area contributed by atoms with Crippen LogP contribution in [0.5, 0.6) is 11.6 Å². The van der Waals surface area contributed by atoms with Gasteiger partial charge in [0.15, 0.2) is 5.69 Å². The molecular formula is C28H22N4O2S. The Kier molecular flexibility index (Phi) is 5.68. The van der Waals surface area contributed by atoms with Crippen LogP contribution in [0.3, 0.4) is 0 Å². The summed E-state index contributed by atoms with van der Waals surface area (Å²) in [5, 5.41) is 15.2. The summed E-state index contributed by atoms with van der Waals surface area (Å²) < 4.78 is 12.3. The third kappa shape index (κ3) is 4.15. The van der Waals surface area contributed by atoms with Gasteiger partial charge in [-0.05, 0) is 28.5 Å². The molecule has 0 unspecified atom stereocenters. The largest absolute Gasteiger partial charge is 0.496 e. The van der Waals surface area contributed by atoms with Crippen LogP contribution in [0.1, 0.15) is 17.4 Å². The zero-order valence-corrected chi connectivity index (χ0v) is 19.8. The molecular weight excluding hydrogens is 456 g/mol. The number of hydrogen-bond acceptors (Lipinski definition) is 7. The van der Waals surface area contributed by atoms with E-state index in [1.807, 2.05) is 60.7 Å². The van der Waals surface area contributed by atoms with Crippen molar-refractivity contribution in [2.75, 3.05) is 12.4 Å². The third-order valence-electron chi connectivity index (χ3n) is 5.96. The van der Waals surface area contributed by atoms with Crippen LogP contribution in [0.15, 0.2) is 96.2 Å². The van der Waals surface area contributed by atoms with Crippen LogP contribution in [0.4, 0.5) is 5.69 Å². The fourth-order valence-electron chi connectivity index (χ4n) is 4.29. The van der Waals surface area contributed by atoms with Crippen LogP contribution in [0.2, 0.25) is 0 Å². The van der Waals surface area contributed by atoms with Gasteiger partial charge in [0, 0.05) is 17.0 Å². The van der Waals surface area contributed by atoms with Crippen LogP contribution in [-0.4, -0.2) is 22.3 Å². The summed E-state index contributed by atoms with van der Waals surface area (Å²) >= 11 is 1.53. The van der Waals surface area contributed by atoms with Gasteiger partial charge in [-0.25, -0.2) is 0 Å². The van der Waals surface area contributed by atoms with Crippen molar-refractivity contribution in [2.24, 2.45) is 0 Å². The van der Waals surface area contributed by atoms with E-state index in [1.54, 1.807) is 7.11 Å². The first-order chi connectivity index (χ1) is 17.3. The molecule has 1 aliphatic rings. The van der Waals surface area contributed by atoms with Crippen molar-refractivity contribution in [2.45, 2.75) is 17.1 Å². The summed E-state index contributed by atoms with van der Waals surface area (Å²) in [5.41, 5.74) is 4.50. The van der Waals surface area contributed by atoms with Crippen molar-refractivity contribution in [3.63, 3.8) is 0 Å². The normalized spacial score (nSPS) is 14.3. The van der Waals surface area contributed by atoms with Gasteiger partial charge in [0.05, 0.1) is 12.7 Å². The molecule has 2 heterocycles. The van der Waals surface area contributed by atoms with Gasteiger partial charge in [-0.3, -0.25) is 0 Å². The van der Waals surface area contributed by atoms with Crippen LogP contribution in [0, 0.1) is 0 Å². The van der Waals surface area contributed by atoms with Crippen molar-refractivity contribution in [1.29, 1.82) is 0 Å². The minimum Gasteiger partial charge on any atom is -0.496 e. The molecule has 0 amide bonds. The van der Waals surface area contributed by atoms with Gasteiger partial charge in [0.1, 0.15) is 5.75 Å². The van der Waals surface area contributed by atoms with E-state index in [4.69, 9.17) is 14.5 Å². The van der Waals surface area contributed by atoms with Crippen molar-refractivity contribution < 1.29 is 9.47 Å². The Morgan fingerprint density at radius 2 is 1.69 bits per heavy atom. The first-order valence-corrected chi connectivity index (χ1v) is 12.3. The SMILES string of the molecule is COc1ccc2ccccc2c1[C@H]1Nc2ccccc2-c2nnc(SCc3ccccc3)nc2O1. The Morgan fingerprint density at radius 1 is 0.886 bits per heavy atom. The summed E-state index contributed by atoms with van der Waals surface area (Å²) in [4.78, 5) is 4.78. The molecule has 5 aromatic rings. The molecule has 35 heavy (non-hydrogen) atoms. The van der Waals surface area contributed by atoms with E-state index in [-0.39, 0.29) is 0 Å². The van der Waals surface area contributed by atoms with Crippen LogP contribution < -0.4 is 14.8 Å². The first kappa shape index (κ1) is 21.4. The standard InChI is InChI=1S/C28H22N4O2S/c1-33-23-16-15-19-11-5-6-12-20(19)24(23)26-29-22-14-8-7-13-21(22)25-27(34-26)30-28(32-31-25)35-17-18-9-3-2-4-10-18/h2-16,26,29H,17H2,1H3/t26-/m0/s1. The number of benzene rings is 4. The van der Waals surface area contributed by atoms with Crippen LogP contribution >= 0.6 is 11.8 Å². The number of nitrogens with zero attached hydrogens (tertiary/aromatic N) is 3. The van der Waals surface area contributed by atoms with Crippen molar-refractivity contribution in [3.8, 4) is 22.9 Å². The lowest BCUT2D eigenvalue weighted by Crippen LogP contribution is -2.18. The second-order valence-electron chi connectivity index (χ2n) is 8.11. The molecule has 1 aromatic heterocycles. The minimum atomic E-state index is -0.540. The number of hydrogen-bond donors (Lipinski definition) is 1. The average Bonchev–Trinajstić information content (AvgIpc) is 3.08. The molecule has 0 spiro atoms. The number of fused-ring (bicyclic) bond motifs is 4. The summed E-state index contributed by atoms with van der Waals surface area (Å²) in [6, 6.07) is 30.4. The number of anilines is 1. The van der Waals surface area contributed by atoms with Crippen molar-refractivity contribution in [3.05, 3.63) is 102 Å². The topological polar surface area (TPSA) is 69.2 Å². The molecule has 0 aliphatic carbocycles. The number of methoxy groups -OCH3 is 1. The zero-order valence-electron chi connectivity index (χ0n) is 19.0. The smallest absolute Gasteiger partial charge is 0.247 e. The zero-order chi connectivity index (χ0) is 23.6. The van der Waals surface area contributed by atoms with Crippen molar-refractivity contribution >= 4 is 28.2 Å². The fraction of sp³-hybridized carbons (Fsp3) is 0.107. The van der Waals surface area contributed by atoms with Gasteiger partial charge in [-0.1, -0.05) is 90.6 Å². The van der Waals surface area contributed by atoms with Crippen LogP contribution in [0.25, 0.3) is 22.0 Å². The molecule has 0 radical (unpaired) electrons. The molecule has 4 aromatic carbocycles. The lowest BCUT2D eigenvalue weighted by atomic mass is 10.0. The molecule has 1 N–H and O–H groups in total. The molecule has 6 rings (SSSR count). The second-order valence-corrected chi connectivity index (χ2v) is 9.06. The van der Waals surface area contributed by atoms with Gasteiger partial charge in [-0.15, -0.1) is 10.2 Å². The van der Waals surface area contributed by atoms with E-state index < -0.39 is 6.23 Å². The predicted molar refractivity (Wildman–Crippen MR) is 139 cm³/mol. The van der Waals surface area contributed by atoms with Crippen LogP contribution in [-0.2, 0) is 5.75 Å². The maximum atomic E-state index is 6.55. The highest BCUT2D eigenvalue weighted by Crippen LogP contribution is 2.43. The number of para-hydroxylation sites is 1. The van der Waals surface area contributed by atoms with E-state index in [0.717, 1.165) is 39.1 Å². The Hall–Kier alpha value is -4.10. The Morgan fingerprint density at radius 3 is 2.57 bits per heavy atom. The molecule has 7 heteroatoms. The summed E-state index contributed by atoms with van der Waals surface area (Å²) in [5.74, 6) is 1.92. The first-order valence-electron chi connectivity index (χ1n) is 11.3.